The molecular weight excluding hydrogens is 327 g/mol. The van der Waals surface area contributed by atoms with Gasteiger partial charge >= 0.3 is 6.18 Å². The lowest BCUT2D eigenvalue weighted by Gasteiger charge is -2.16. The number of nitrogens with one attached hydrogen (secondary N) is 1. The van der Waals surface area contributed by atoms with Crippen LogP contribution < -0.4 is 5.32 Å². The molecule has 23 heavy (non-hydrogen) atoms. The highest BCUT2D eigenvalue weighted by molar-refractivity contribution is 5.53. The van der Waals surface area contributed by atoms with E-state index in [1.54, 1.807) is 13.0 Å². The molecule has 0 spiro atoms. The second kappa shape index (κ2) is 7.70. The number of hydrogen-bond donors (Lipinski definition) is 1. The quantitative estimate of drug-likeness (QED) is 0.482. The lowest BCUT2D eigenvalue weighted by Crippen LogP contribution is -2.17. The number of hydrogen-bond acceptors (Lipinski definition) is 1. The highest BCUT2D eigenvalue weighted by Gasteiger charge is 2.42. The van der Waals surface area contributed by atoms with Gasteiger partial charge in [0, 0.05) is 5.70 Å². The zero-order chi connectivity index (χ0) is 17.8. The van der Waals surface area contributed by atoms with Gasteiger partial charge in [-0.05, 0) is 19.3 Å². The molecule has 0 aliphatic carbocycles. The fourth-order valence-corrected chi connectivity index (χ4v) is 1.98. The van der Waals surface area contributed by atoms with E-state index in [0.717, 1.165) is 6.42 Å². The molecule has 0 radical (unpaired) electrons. The summed E-state index contributed by atoms with van der Waals surface area (Å²) in [6.07, 6.45) is -1.80. The molecule has 0 heterocycles. The van der Waals surface area contributed by atoms with Gasteiger partial charge in [0.05, 0.1) is 0 Å². The first-order valence-corrected chi connectivity index (χ1v) is 7.04. The first kappa shape index (κ1) is 19.3. The molecule has 0 aliphatic heterocycles. The minimum atomic E-state index is -5.54. The molecule has 1 nitrogen and oxygen atoms in total. The van der Waals surface area contributed by atoms with E-state index in [1.165, 1.54) is 0 Å². The second-order valence-corrected chi connectivity index (χ2v) is 4.87. The van der Waals surface area contributed by atoms with Crippen molar-refractivity contribution in [2.75, 3.05) is 5.32 Å². The zero-order valence-electron chi connectivity index (χ0n) is 12.6. The summed E-state index contributed by atoms with van der Waals surface area (Å²) < 4.78 is 92.1. The molecule has 1 aromatic carbocycles. The Morgan fingerprint density at radius 1 is 0.957 bits per heavy atom. The topological polar surface area (TPSA) is 12.0 Å². The van der Waals surface area contributed by atoms with Gasteiger partial charge in [-0.25, -0.2) is 17.6 Å². The van der Waals surface area contributed by atoms with Gasteiger partial charge in [-0.3, -0.25) is 0 Å². The summed E-state index contributed by atoms with van der Waals surface area (Å²) in [5.74, 6) is -9.14. The third-order valence-corrected chi connectivity index (χ3v) is 3.08. The van der Waals surface area contributed by atoms with Crippen molar-refractivity contribution >= 4 is 5.69 Å². The van der Waals surface area contributed by atoms with E-state index < -0.39 is 40.7 Å². The van der Waals surface area contributed by atoms with E-state index in [2.05, 4.69) is 5.32 Å². The van der Waals surface area contributed by atoms with Crippen LogP contribution in [-0.4, -0.2) is 0 Å². The smallest absolute Gasteiger partial charge is 0.354 e. The Balaban J connectivity index is 3.36. The van der Waals surface area contributed by atoms with E-state index in [-0.39, 0.29) is 5.70 Å². The van der Waals surface area contributed by atoms with Crippen molar-refractivity contribution in [1.29, 1.82) is 0 Å². The van der Waals surface area contributed by atoms with Gasteiger partial charge in [-0.2, -0.15) is 13.2 Å². The van der Waals surface area contributed by atoms with Gasteiger partial charge in [0.2, 0.25) is 0 Å². The van der Waals surface area contributed by atoms with Gasteiger partial charge in [-0.15, -0.1) is 0 Å². The van der Waals surface area contributed by atoms with Gasteiger partial charge in [0.15, 0.2) is 23.3 Å². The normalized spacial score (nSPS) is 12.7. The van der Waals surface area contributed by atoms with Crippen molar-refractivity contribution in [3.8, 4) is 0 Å². The maximum Gasteiger partial charge on any atom is 0.422 e. The third kappa shape index (κ3) is 4.39. The summed E-state index contributed by atoms with van der Waals surface area (Å²) in [7, 11) is 0. The van der Waals surface area contributed by atoms with Crippen molar-refractivity contribution in [3.05, 3.63) is 40.6 Å². The maximum absolute atomic E-state index is 13.8. The minimum Gasteiger partial charge on any atom is -0.354 e. The first-order chi connectivity index (χ1) is 10.6. The van der Waals surface area contributed by atoms with Crippen LogP contribution in [0.1, 0.15) is 45.1 Å². The number of halogens is 7. The Hall–Kier alpha value is -1.73. The van der Waals surface area contributed by atoms with Crippen LogP contribution in [0.2, 0.25) is 0 Å². The molecule has 0 atom stereocenters. The van der Waals surface area contributed by atoms with Gasteiger partial charge < -0.3 is 5.32 Å². The number of allylic oxidation sites excluding steroid dienone is 2. The maximum atomic E-state index is 13.8. The van der Waals surface area contributed by atoms with Crippen LogP contribution in [0.3, 0.4) is 0 Å². The van der Waals surface area contributed by atoms with Crippen molar-refractivity contribution < 1.29 is 30.7 Å². The molecular formula is C15H16F7N. The number of alkyl halides is 3. The van der Waals surface area contributed by atoms with Crippen molar-refractivity contribution in [2.24, 2.45) is 0 Å². The van der Waals surface area contributed by atoms with Crippen LogP contribution in [-0.2, 0) is 6.18 Å². The van der Waals surface area contributed by atoms with Crippen molar-refractivity contribution in [2.45, 2.75) is 45.7 Å². The third-order valence-electron chi connectivity index (χ3n) is 3.08. The van der Waals surface area contributed by atoms with E-state index in [9.17, 15) is 30.7 Å². The summed E-state index contributed by atoms with van der Waals surface area (Å²) in [5, 5.41) is 2.18. The van der Waals surface area contributed by atoms with Crippen LogP contribution >= 0.6 is 0 Å². The Bertz CT molecular complexity index is 561. The average molecular weight is 343 g/mol. The molecule has 8 heteroatoms. The molecule has 0 bridgehead atoms. The number of rotatable bonds is 6. The first-order valence-electron chi connectivity index (χ1n) is 7.04. The highest BCUT2D eigenvalue weighted by Crippen LogP contribution is 2.38. The standard InChI is InChI=1S/C15H16F7N/c1-3-5-7-8(6-4-2)23-14-12(18)10(16)9(15(20,21)22)11(17)13(14)19/h6,23H,3-5,7H2,1-2H3/b8-6+. The molecule has 0 amide bonds. The minimum absolute atomic E-state index is 0.283. The van der Waals surface area contributed by atoms with Gasteiger partial charge in [0.25, 0.3) is 0 Å². The average Bonchev–Trinajstić information content (AvgIpc) is 2.45. The molecule has 1 N–H and O–H groups in total. The summed E-state index contributed by atoms with van der Waals surface area (Å²) in [4.78, 5) is 0. The molecule has 130 valence electrons. The van der Waals surface area contributed by atoms with Crippen molar-refractivity contribution in [1.82, 2.24) is 0 Å². The molecule has 0 aliphatic rings. The summed E-state index contributed by atoms with van der Waals surface area (Å²) in [5.41, 5.74) is -3.55. The summed E-state index contributed by atoms with van der Waals surface area (Å²) in [6, 6.07) is 0. The molecule has 1 aromatic rings. The lowest BCUT2D eigenvalue weighted by atomic mass is 10.1. The van der Waals surface area contributed by atoms with E-state index >= 15 is 0 Å². The largest absolute Gasteiger partial charge is 0.422 e. The van der Waals surface area contributed by atoms with E-state index in [0.29, 0.717) is 19.3 Å². The number of benzene rings is 1. The Morgan fingerprint density at radius 3 is 1.87 bits per heavy atom. The van der Waals surface area contributed by atoms with Crippen molar-refractivity contribution in [3.63, 3.8) is 0 Å². The molecule has 0 saturated carbocycles. The zero-order valence-corrected chi connectivity index (χ0v) is 12.6. The molecule has 0 saturated heterocycles. The van der Waals surface area contributed by atoms with Crippen LogP contribution in [0.4, 0.5) is 36.4 Å². The predicted octanol–water partition coefficient (Wildman–Crippen LogP) is 6.16. The van der Waals surface area contributed by atoms with Gasteiger partial charge in [0.1, 0.15) is 11.3 Å². The molecule has 0 aromatic heterocycles. The molecule has 0 fully saturated rings. The predicted molar refractivity (Wildman–Crippen MR) is 72.8 cm³/mol. The lowest BCUT2D eigenvalue weighted by molar-refractivity contribution is -0.143. The van der Waals surface area contributed by atoms with Crippen LogP contribution in [0.5, 0.6) is 0 Å². The number of anilines is 1. The SMILES string of the molecule is CC/C=C(\CCCC)Nc1c(F)c(F)c(C(F)(F)F)c(F)c1F. The Kier molecular flexibility index (Phi) is 6.47. The molecule has 1 rings (SSSR count). The van der Waals surface area contributed by atoms with Gasteiger partial charge in [-0.1, -0.05) is 26.3 Å². The molecule has 0 unspecified atom stereocenters. The Morgan fingerprint density at radius 2 is 1.48 bits per heavy atom. The second-order valence-electron chi connectivity index (χ2n) is 4.87. The van der Waals surface area contributed by atoms with Crippen LogP contribution in [0, 0.1) is 23.3 Å². The highest BCUT2D eigenvalue weighted by atomic mass is 19.4. The fraction of sp³-hybridized carbons (Fsp3) is 0.467. The van der Waals surface area contributed by atoms with Crippen LogP contribution in [0.15, 0.2) is 11.8 Å². The monoisotopic (exact) mass is 343 g/mol. The number of unbranched alkanes of at least 4 members (excludes halogenated alkanes) is 1. The summed E-state index contributed by atoms with van der Waals surface area (Å²) in [6.45, 7) is 3.59. The fourth-order valence-electron chi connectivity index (χ4n) is 1.98. The van der Waals surface area contributed by atoms with E-state index in [4.69, 9.17) is 0 Å². The van der Waals surface area contributed by atoms with E-state index in [1.807, 2.05) is 6.92 Å². The summed E-state index contributed by atoms with van der Waals surface area (Å²) >= 11 is 0. The van der Waals surface area contributed by atoms with Crippen LogP contribution in [0.25, 0.3) is 0 Å². The Labute approximate surface area is 129 Å².